The summed E-state index contributed by atoms with van der Waals surface area (Å²) in [6, 6.07) is 11.4. The Morgan fingerprint density at radius 1 is 1.08 bits per heavy atom. The second kappa shape index (κ2) is 12.5. The van der Waals surface area contributed by atoms with Crippen molar-refractivity contribution in [1.82, 2.24) is 9.80 Å². The first-order valence-corrected chi connectivity index (χ1v) is 15.3. The van der Waals surface area contributed by atoms with E-state index in [9.17, 15) is 9.36 Å². The van der Waals surface area contributed by atoms with Gasteiger partial charge >= 0.3 is 7.75 Å². The molecule has 0 unspecified atom stereocenters. The van der Waals surface area contributed by atoms with Crippen molar-refractivity contribution in [1.29, 1.82) is 0 Å². The molecule has 2 aliphatic rings. The number of carbonyl (C=O) groups excluding carboxylic acids is 1. The first-order chi connectivity index (χ1) is 17.7. The molecule has 2 aromatic carbocycles. The van der Waals surface area contributed by atoms with Crippen molar-refractivity contribution < 1.29 is 18.4 Å². The summed E-state index contributed by atoms with van der Waals surface area (Å²) in [5.41, 5.74) is 3.74. The molecule has 10 heteroatoms. The third-order valence-electron chi connectivity index (χ3n) is 7.16. The highest BCUT2D eigenvalue weighted by Crippen LogP contribution is 2.49. The molecule has 1 saturated heterocycles. The van der Waals surface area contributed by atoms with E-state index in [2.05, 4.69) is 16.1 Å². The lowest BCUT2D eigenvalue weighted by molar-refractivity contribution is -0.133. The second-order valence-electron chi connectivity index (χ2n) is 9.58. The Bertz CT molecular complexity index is 1150. The number of likely N-dealkylation sites (N-methyl/N-ethyl adjacent to an activating group) is 1. The summed E-state index contributed by atoms with van der Waals surface area (Å²) in [6.07, 6.45) is 4.48. The van der Waals surface area contributed by atoms with Crippen LogP contribution in [0, 0.1) is 0 Å². The number of nitrogens with zero attached hydrogens (tertiary/aromatic N) is 2. The molecule has 1 heterocycles. The molecule has 1 aliphatic heterocycles. The van der Waals surface area contributed by atoms with Gasteiger partial charge in [0.15, 0.2) is 0 Å². The van der Waals surface area contributed by atoms with Crippen LogP contribution < -0.4 is 5.09 Å². The van der Waals surface area contributed by atoms with Crippen molar-refractivity contribution in [3.05, 3.63) is 63.1 Å². The van der Waals surface area contributed by atoms with Gasteiger partial charge in [-0.05, 0) is 93.6 Å². The zero-order valence-electron chi connectivity index (χ0n) is 21.7. The van der Waals surface area contributed by atoms with Gasteiger partial charge in [0.25, 0.3) is 0 Å². The zero-order valence-corrected chi connectivity index (χ0v) is 24.1. The van der Waals surface area contributed by atoms with Gasteiger partial charge in [-0.2, -0.15) is 0 Å². The van der Waals surface area contributed by atoms with E-state index in [0.29, 0.717) is 15.7 Å². The lowest BCUT2D eigenvalue weighted by Gasteiger charge is -2.44. The molecular weight excluding hydrogens is 532 g/mol. The third-order valence-corrected chi connectivity index (χ3v) is 9.63. The predicted molar refractivity (Wildman–Crippen MR) is 150 cm³/mol. The number of nitrogens with one attached hydrogen (secondary N) is 1. The fourth-order valence-electron chi connectivity index (χ4n) is 5.46. The van der Waals surface area contributed by atoms with Crippen molar-refractivity contribution in [3.8, 4) is 0 Å². The maximum Gasteiger partial charge on any atom is 0.432 e. The molecule has 7 nitrogen and oxygen atoms in total. The topological polar surface area (TPSA) is 71.1 Å². The van der Waals surface area contributed by atoms with Gasteiger partial charge in [0, 0.05) is 18.8 Å². The maximum absolute atomic E-state index is 13.6. The average molecular weight is 568 g/mol. The van der Waals surface area contributed by atoms with Gasteiger partial charge in [-0.1, -0.05) is 35.3 Å². The molecule has 0 spiro atoms. The molecule has 1 aliphatic carbocycles. The van der Waals surface area contributed by atoms with Crippen LogP contribution >= 0.6 is 30.9 Å². The van der Waals surface area contributed by atoms with Crippen LogP contribution in [0.1, 0.15) is 55.8 Å². The summed E-state index contributed by atoms with van der Waals surface area (Å²) >= 11 is 12.3. The molecule has 0 aromatic heterocycles. The van der Waals surface area contributed by atoms with Crippen molar-refractivity contribution in [3.63, 3.8) is 0 Å². The van der Waals surface area contributed by atoms with Crippen LogP contribution in [0.3, 0.4) is 0 Å². The SMILES string of the molecule is CCOP(=O)(Nc1ccc2c(c1)[C@H](N(C)C(=O)Cc1ccc(Cl)c(Cl)c1)[C@@H](N1CCCC1)CC2)OCC. The summed E-state index contributed by atoms with van der Waals surface area (Å²) in [7, 11) is -1.61. The lowest BCUT2D eigenvalue weighted by atomic mass is 9.82. The van der Waals surface area contributed by atoms with Gasteiger partial charge in [0.2, 0.25) is 5.91 Å². The van der Waals surface area contributed by atoms with Gasteiger partial charge < -0.3 is 4.90 Å². The zero-order chi connectivity index (χ0) is 26.6. The van der Waals surface area contributed by atoms with Gasteiger partial charge in [0.1, 0.15) is 0 Å². The Morgan fingerprint density at radius 3 is 2.43 bits per heavy atom. The molecule has 1 N–H and O–H groups in total. The quantitative estimate of drug-likeness (QED) is 0.320. The number of aryl methyl sites for hydroxylation is 1. The molecule has 1 amide bonds. The van der Waals surface area contributed by atoms with Crippen LogP contribution in [0.15, 0.2) is 36.4 Å². The number of fused-ring (bicyclic) bond motifs is 1. The van der Waals surface area contributed by atoms with Gasteiger partial charge in [-0.15, -0.1) is 0 Å². The Morgan fingerprint density at radius 2 is 1.78 bits per heavy atom. The fourth-order valence-corrected chi connectivity index (χ4v) is 7.12. The van der Waals surface area contributed by atoms with E-state index in [4.69, 9.17) is 32.2 Å². The lowest BCUT2D eigenvalue weighted by Crippen LogP contribution is -2.48. The van der Waals surface area contributed by atoms with Crippen LogP contribution in [-0.2, 0) is 31.2 Å². The Hall–Kier alpha value is -1.60. The van der Waals surface area contributed by atoms with Gasteiger partial charge in [0.05, 0.1) is 35.7 Å². The third kappa shape index (κ3) is 6.70. The highest BCUT2D eigenvalue weighted by atomic mass is 35.5. The van der Waals surface area contributed by atoms with E-state index >= 15 is 0 Å². The highest BCUT2D eigenvalue weighted by Gasteiger charge is 2.39. The van der Waals surface area contributed by atoms with Crippen LogP contribution in [0.4, 0.5) is 5.69 Å². The van der Waals surface area contributed by atoms with E-state index in [1.54, 1.807) is 26.0 Å². The van der Waals surface area contributed by atoms with E-state index in [0.717, 1.165) is 37.1 Å². The maximum atomic E-state index is 13.6. The first-order valence-electron chi connectivity index (χ1n) is 13.0. The molecule has 0 radical (unpaired) electrons. The predicted octanol–water partition coefficient (Wildman–Crippen LogP) is 6.74. The number of amides is 1. The van der Waals surface area contributed by atoms with Crippen LogP contribution in [0.5, 0.6) is 0 Å². The molecular formula is C27H36Cl2N3O4P. The van der Waals surface area contributed by atoms with E-state index in [1.165, 1.54) is 18.4 Å². The highest BCUT2D eigenvalue weighted by molar-refractivity contribution is 7.55. The number of halogens is 2. The molecule has 0 bridgehead atoms. The largest absolute Gasteiger partial charge is 0.432 e. The normalized spacial score (nSPS) is 20.0. The van der Waals surface area contributed by atoms with Crippen molar-refractivity contribution in [2.45, 2.75) is 58.0 Å². The van der Waals surface area contributed by atoms with Crippen molar-refractivity contribution in [2.75, 3.05) is 38.4 Å². The number of likely N-dealkylation sites (tertiary alicyclic amines) is 1. The Balaban J connectivity index is 1.66. The minimum Gasteiger partial charge on any atom is -0.337 e. The smallest absolute Gasteiger partial charge is 0.337 e. The molecule has 2 atom stereocenters. The Labute approximate surface area is 230 Å². The van der Waals surface area contributed by atoms with Crippen molar-refractivity contribution >= 4 is 42.5 Å². The number of rotatable bonds is 10. The molecule has 37 heavy (non-hydrogen) atoms. The number of anilines is 1. The number of hydrogen-bond acceptors (Lipinski definition) is 5. The minimum absolute atomic E-state index is 0.00750. The first kappa shape index (κ1) is 28.4. The molecule has 0 saturated carbocycles. The van der Waals surface area contributed by atoms with Crippen LogP contribution in [0.25, 0.3) is 0 Å². The van der Waals surface area contributed by atoms with Crippen LogP contribution in [-0.4, -0.2) is 55.1 Å². The molecule has 2 aromatic rings. The van der Waals surface area contributed by atoms with Gasteiger partial charge in [-0.25, -0.2) is 4.57 Å². The average Bonchev–Trinajstić information content (AvgIpc) is 3.40. The summed E-state index contributed by atoms with van der Waals surface area (Å²) in [5, 5.41) is 3.91. The van der Waals surface area contributed by atoms with E-state index < -0.39 is 7.75 Å². The standard InChI is InChI=1S/C27H36Cl2N3O4P/c1-4-35-37(34,36-5-2)30-21-11-9-20-10-13-25(32-14-6-7-15-32)27(22(20)18-21)31(3)26(33)17-19-8-12-23(28)24(29)16-19/h8-9,11-12,16,18,25,27H,4-7,10,13-15,17H2,1-3H3,(H,30,34)/t25-,27-/m0/s1. The molecule has 202 valence electrons. The molecule has 4 rings (SSSR count). The summed E-state index contributed by atoms with van der Waals surface area (Å²) < 4.78 is 24.0. The monoisotopic (exact) mass is 567 g/mol. The second-order valence-corrected chi connectivity index (χ2v) is 12.1. The summed E-state index contributed by atoms with van der Waals surface area (Å²) in [5.74, 6) is 0.00750. The Kier molecular flexibility index (Phi) is 9.60. The number of carbonyl (C=O) groups is 1. The van der Waals surface area contributed by atoms with Crippen LogP contribution in [0.2, 0.25) is 10.0 Å². The van der Waals surface area contributed by atoms with E-state index in [-0.39, 0.29) is 37.6 Å². The van der Waals surface area contributed by atoms with Crippen molar-refractivity contribution in [2.24, 2.45) is 0 Å². The van der Waals surface area contributed by atoms with Gasteiger partial charge in [-0.3, -0.25) is 23.8 Å². The number of hydrogen-bond donors (Lipinski definition) is 1. The minimum atomic E-state index is -3.49. The summed E-state index contributed by atoms with van der Waals surface area (Å²) in [4.78, 5) is 18.0. The number of benzene rings is 2. The summed E-state index contributed by atoms with van der Waals surface area (Å²) in [6.45, 7) is 6.17. The molecule has 1 fully saturated rings. The fraction of sp³-hybridized carbons (Fsp3) is 0.519. The van der Waals surface area contributed by atoms with E-state index in [1.807, 2.05) is 30.1 Å².